The predicted molar refractivity (Wildman–Crippen MR) is 132 cm³/mol. The normalized spacial score (nSPS) is 27.0. The molecule has 0 radical (unpaired) electrons. The summed E-state index contributed by atoms with van der Waals surface area (Å²) in [5, 5.41) is 16.5. The van der Waals surface area contributed by atoms with Gasteiger partial charge < -0.3 is 20.4 Å². The molecule has 1 saturated heterocycles. The Balaban J connectivity index is 1.56. The second-order valence-corrected chi connectivity index (χ2v) is 9.93. The molecule has 2 heterocycles. The van der Waals surface area contributed by atoms with Gasteiger partial charge in [-0.1, -0.05) is 6.92 Å². The number of piperazine rings is 1. The van der Waals surface area contributed by atoms with E-state index in [2.05, 4.69) is 58.5 Å². The quantitative estimate of drug-likeness (QED) is 0.738. The molecule has 172 valence electrons. The van der Waals surface area contributed by atoms with Crippen molar-refractivity contribution < 1.29 is 4.79 Å². The fraction of sp³-hybridized carbons (Fsp3) is 0.481. The number of amides is 1. The lowest BCUT2D eigenvalue weighted by Gasteiger charge is -2.46. The molecule has 0 aromatic heterocycles. The van der Waals surface area contributed by atoms with Crippen molar-refractivity contribution in [2.45, 2.75) is 51.7 Å². The van der Waals surface area contributed by atoms with Crippen molar-refractivity contribution in [1.29, 1.82) is 5.26 Å². The largest absolute Gasteiger partial charge is 0.378 e. The molecule has 1 saturated carbocycles. The summed E-state index contributed by atoms with van der Waals surface area (Å²) in [6, 6.07) is 17.3. The third-order valence-electron chi connectivity index (χ3n) is 7.48. The second-order valence-electron chi connectivity index (χ2n) is 9.93. The van der Waals surface area contributed by atoms with E-state index in [0.717, 1.165) is 31.0 Å². The van der Waals surface area contributed by atoms with Crippen molar-refractivity contribution in [3.8, 4) is 6.07 Å². The van der Waals surface area contributed by atoms with Gasteiger partial charge in [0.05, 0.1) is 17.7 Å². The average molecular weight is 444 g/mol. The highest BCUT2D eigenvalue weighted by Gasteiger charge is 2.47. The molecule has 5 rings (SSSR count). The van der Waals surface area contributed by atoms with Crippen LogP contribution in [-0.2, 0) is 4.79 Å². The zero-order valence-electron chi connectivity index (χ0n) is 19.7. The Morgan fingerprint density at radius 1 is 1.15 bits per heavy atom. The zero-order chi connectivity index (χ0) is 23.1. The lowest BCUT2D eigenvalue weighted by Crippen LogP contribution is -2.51. The number of hydrogen-bond donors (Lipinski definition) is 2. The maximum absolute atomic E-state index is 12.9. The van der Waals surface area contributed by atoms with E-state index < -0.39 is 0 Å². The smallest absolute Gasteiger partial charge is 0.224 e. The molecule has 6 nitrogen and oxygen atoms in total. The Morgan fingerprint density at radius 2 is 1.91 bits per heavy atom. The number of benzene rings is 2. The monoisotopic (exact) mass is 443 g/mol. The summed E-state index contributed by atoms with van der Waals surface area (Å²) in [7, 11) is 0. The van der Waals surface area contributed by atoms with E-state index in [9.17, 15) is 4.79 Å². The average Bonchev–Trinajstić information content (AvgIpc) is 3.65. The summed E-state index contributed by atoms with van der Waals surface area (Å²) in [5.74, 6) is 0.957. The minimum absolute atomic E-state index is 0.0921. The number of hydrogen-bond acceptors (Lipinski definition) is 5. The highest BCUT2D eigenvalue weighted by molar-refractivity contribution is 5.94. The molecule has 6 heteroatoms. The highest BCUT2D eigenvalue weighted by Crippen LogP contribution is 2.50. The Labute approximate surface area is 196 Å². The van der Waals surface area contributed by atoms with Crippen LogP contribution in [0.4, 0.5) is 17.1 Å². The molecule has 4 atom stereocenters. The van der Waals surface area contributed by atoms with Gasteiger partial charge in [0.2, 0.25) is 5.91 Å². The van der Waals surface area contributed by atoms with Gasteiger partial charge in [-0.3, -0.25) is 4.79 Å². The summed E-state index contributed by atoms with van der Waals surface area (Å²) in [6.07, 6.45) is 2.38. The number of fused-ring (bicyclic) bond motifs is 1. The van der Waals surface area contributed by atoms with Crippen molar-refractivity contribution in [2.24, 2.45) is 11.8 Å². The van der Waals surface area contributed by atoms with Crippen LogP contribution in [0.3, 0.4) is 0 Å². The fourth-order valence-corrected chi connectivity index (χ4v) is 5.74. The Morgan fingerprint density at radius 3 is 2.55 bits per heavy atom. The molecule has 2 aliphatic heterocycles. The number of carbonyl (C=O) groups excluding carboxylic acids is 1. The topological polar surface area (TPSA) is 71.4 Å². The molecule has 2 N–H and O–H groups in total. The molecule has 0 spiro atoms. The van der Waals surface area contributed by atoms with Crippen molar-refractivity contribution in [1.82, 2.24) is 5.32 Å². The lowest BCUT2D eigenvalue weighted by atomic mass is 9.79. The Kier molecular flexibility index (Phi) is 5.76. The minimum Gasteiger partial charge on any atom is -0.378 e. The van der Waals surface area contributed by atoms with Gasteiger partial charge in [0.15, 0.2) is 0 Å². The first-order valence-electron chi connectivity index (χ1n) is 12.1. The van der Waals surface area contributed by atoms with Gasteiger partial charge in [0, 0.05) is 67.2 Å². The fourth-order valence-electron chi connectivity index (χ4n) is 5.74. The van der Waals surface area contributed by atoms with Crippen molar-refractivity contribution in [3.05, 3.63) is 53.6 Å². The van der Waals surface area contributed by atoms with Gasteiger partial charge in [0.1, 0.15) is 0 Å². The van der Waals surface area contributed by atoms with Gasteiger partial charge in [-0.2, -0.15) is 5.26 Å². The SMILES string of the molecule is CC(=O)N1c2ccc(N3CCN[C@@H](C)C3)cc2C(Nc2ccc(C#N)cc2)[C@@H](C)C1C1CC1. The van der Waals surface area contributed by atoms with Crippen LogP contribution in [0.2, 0.25) is 0 Å². The van der Waals surface area contributed by atoms with Crippen LogP contribution in [0.1, 0.15) is 50.8 Å². The number of nitrogens with one attached hydrogen (secondary N) is 2. The molecule has 0 bridgehead atoms. The lowest BCUT2D eigenvalue weighted by molar-refractivity contribution is -0.117. The molecule has 3 aliphatic rings. The molecule has 2 aromatic rings. The Hall–Kier alpha value is -3.04. The summed E-state index contributed by atoms with van der Waals surface area (Å²) >= 11 is 0. The van der Waals surface area contributed by atoms with E-state index in [1.165, 1.54) is 24.1 Å². The zero-order valence-corrected chi connectivity index (χ0v) is 19.7. The van der Waals surface area contributed by atoms with E-state index in [1.807, 2.05) is 24.3 Å². The molecule has 2 aromatic carbocycles. The van der Waals surface area contributed by atoms with Gasteiger partial charge in [-0.25, -0.2) is 0 Å². The number of nitrogens with zero attached hydrogens (tertiary/aromatic N) is 3. The highest BCUT2D eigenvalue weighted by atomic mass is 16.2. The van der Waals surface area contributed by atoms with Crippen LogP contribution in [0.15, 0.2) is 42.5 Å². The van der Waals surface area contributed by atoms with Gasteiger partial charge >= 0.3 is 0 Å². The van der Waals surface area contributed by atoms with E-state index >= 15 is 0 Å². The number of anilines is 3. The molecular weight excluding hydrogens is 410 g/mol. The summed E-state index contributed by atoms with van der Waals surface area (Å²) in [4.78, 5) is 17.4. The van der Waals surface area contributed by atoms with Crippen LogP contribution in [0, 0.1) is 23.2 Å². The van der Waals surface area contributed by atoms with Crippen molar-refractivity contribution >= 4 is 23.0 Å². The molecule has 1 aliphatic carbocycles. The van der Waals surface area contributed by atoms with Gasteiger partial charge in [0.25, 0.3) is 0 Å². The third-order valence-corrected chi connectivity index (χ3v) is 7.48. The summed E-state index contributed by atoms with van der Waals surface area (Å²) < 4.78 is 0. The van der Waals surface area contributed by atoms with Crippen LogP contribution in [-0.4, -0.2) is 37.6 Å². The van der Waals surface area contributed by atoms with E-state index in [-0.39, 0.29) is 23.9 Å². The number of nitriles is 1. The van der Waals surface area contributed by atoms with Crippen LogP contribution in [0.5, 0.6) is 0 Å². The number of rotatable bonds is 4. The van der Waals surface area contributed by atoms with E-state index in [0.29, 0.717) is 17.5 Å². The van der Waals surface area contributed by atoms with Crippen LogP contribution < -0.4 is 20.4 Å². The number of carbonyl (C=O) groups is 1. The first-order valence-corrected chi connectivity index (χ1v) is 12.1. The van der Waals surface area contributed by atoms with E-state index in [1.54, 1.807) is 6.92 Å². The van der Waals surface area contributed by atoms with Crippen LogP contribution in [0.25, 0.3) is 0 Å². The third kappa shape index (κ3) is 4.18. The maximum Gasteiger partial charge on any atom is 0.224 e. The van der Waals surface area contributed by atoms with Crippen molar-refractivity contribution in [2.75, 3.05) is 34.8 Å². The molecule has 2 fully saturated rings. The van der Waals surface area contributed by atoms with Crippen molar-refractivity contribution in [3.63, 3.8) is 0 Å². The predicted octanol–water partition coefficient (Wildman–Crippen LogP) is 4.29. The minimum atomic E-state index is 0.0921. The molecular formula is C27H33N5O. The van der Waals surface area contributed by atoms with Gasteiger partial charge in [-0.05, 0) is 68.1 Å². The first kappa shape index (κ1) is 21.8. The maximum atomic E-state index is 12.9. The second kappa shape index (κ2) is 8.72. The van der Waals surface area contributed by atoms with Gasteiger partial charge in [-0.15, -0.1) is 0 Å². The van der Waals surface area contributed by atoms with E-state index in [4.69, 9.17) is 5.26 Å². The standard InChI is InChI=1S/C27H33N5O/c1-17-16-31(13-12-29-17)23-10-11-25-24(14-23)26(30-22-8-4-20(15-28)5-9-22)18(2)27(21-6-7-21)32(25)19(3)33/h4-5,8-11,14,17-18,21,26-27,29-30H,6-7,12-13,16H2,1-3H3/t17-,18+,26?,27?/m0/s1. The first-order chi connectivity index (χ1) is 16.0. The molecule has 33 heavy (non-hydrogen) atoms. The summed E-state index contributed by atoms with van der Waals surface area (Å²) in [6.45, 7) is 9.14. The molecule has 2 unspecified atom stereocenters. The molecule has 1 amide bonds. The van der Waals surface area contributed by atoms with Crippen LogP contribution >= 0.6 is 0 Å². The summed E-state index contributed by atoms with van der Waals surface area (Å²) in [5.41, 5.74) is 5.10. The Bertz CT molecular complexity index is 1070.